The first-order chi connectivity index (χ1) is 8.90. The van der Waals surface area contributed by atoms with Crippen LogP contribution in [0.4, 0.5) is 5.69 Å². The summed E-state index contributed by atoms with van der Waals surface area (Å²) < 4.78 is 26.6. The number of phenols is 1. The van der Waals surface area contributed by atoms with Gasteiger partial charge < -0.3 is 5.11 Å². The first kappa shape index (κ1) is 14.0. The number of nitrogens with one attached hydrogen (secondary N) is 1. The van der Waals surface area contributed by atoms with Crippen LogP contribution in [-0.2, 0) is 10.0 Å². The Morgan fingerprint density at radius 2 is 1.68 bits per heavy atom. The van der Waals surface area contributed by atoms with Crippen molar-refractivity contribution in [2.45, 2.75) is 4.90 Å². The molecule has 0 saturated heterocycles. The van der Waals surface area contributed by atoms with Gasteiger partial charge in [-0.3, -0.25) is 4.72 Å². The second kappa shape index (κ2) is 5.28. The van der Waals surface area contributed by atoms with Crippen LogP contribution < -0.4 is 4.72 Å². The fourth-order valence-electron chi connectivity index (χ4n) is 1.46. The van der Waals surface area contributed by atoms with Gasteiger partial charge in [0.05, 0.1) is 5.02 Å². The number of aromatic hydroxyl groups is 1. The van der Waals surface area contributed by atoms with E-state index >= 15 is 0 Å². The second-order valence-corrected chi connectivity index (χ2v) is 6.20. The molecule has 2 aromatic carbocycles. The highest BCUT2D eigenvalue weighted by atomic mass is 35.5. The van der Waals surface area contributed by atoms with Crippen LogP contribution in [0, 0.1) is 0 Å². The molecule has 0 aliphatic carbocycles. The summed E-state index contributed by atoms with van der Waals surface area (Å²) in [7, 11) is -3.96. The molecule has 4 nitrogen and oxygen atoms in total. The van der Waals surface area contributed by atoms with Crippen LogP contribution in [0.25, 0.3) is 0 Å². The fraction of sp³-hybridized carbons (Fsp3) is 0. The fourth-order valence-corrected chi connectivity index (χ4v) is 3.28. The summed E-state index contributed by atoms with van der Waals surface area (Å²) in [5, 5.41) is 9.72. The highest BCUT2D eigenvalue weighted by Crippen LogP contribution is 2.34. The number of hydrogen-bond donors (Lipinski definition) is 2. The summed E-state index contributed by atoms with van der Waals surface area (Å²) in [6, 6.07) is 10.7. The Morgan fingerprint density at radius 3 is 2.32 bits per heavy atom. The van der Waals surface area contributed by atoms with Crippen molar-refractivity contribution in [1.29, 1.82) is 0 Å². The molecule has 0 unspecified atom stereocenters. The van der Waals surface area contributed by atoms with E-state index in [1.54, 1.807) is 30.3 Å². The van der Waals surface area contributed by atoms with Gasteiger partial charge in [0.1, 0.15) is 4.90 Å². The predicted octanol–water partition coefficient (Wildman–Crippen LogP) is 3.50. The van der Waals surface area contributed by atoms with Crippen molar-refractivity contribution in [3.8, 4) is 5.75 Å². The highest BCUT2D eigenvalue weighted by Gasteiger charge is 2.21. The SMILES string of the molecule is O=S(=O)(Nc1ccccc1)c1cc(Cl)cc(Cl)c1O. The number of phenolic OH excluding ortho intramolecular Hbond substituents is 1. The number of rotatable bonds is 3. The molecule has 2 rings (SSSR count). The van der Waals surface area contributed by atoms with Gasteiger partial charge in [-0.1, -0.05) is 41.4 Å². The van der Waals surface area contributed by atoms with E-state index in [2.05, 4.69) is 4.72 Å². The lowest BCUT2D eigenvalue weighted by molar-refractivity contribution is 0.459. The first-order valence-electron chi connectivity index (χ1n) is 5.16. The summed E-state index contributed by atoms with van der Waals surface area (Å²) in [5.41, 5.74) is 0.373. The third-order valence-electron chi connectivity index (χ3n) is 2.31. The Morgan fingerprint density at radius 1 is 1.05 bits per heavy atom. The molecular weight excluding hydrogens is 309 g/mol. The van der Waals surface area contributed by atoms with Gasteiger partial charge in [-0.05, 0) is 24.3 Å². The molecule has 0 atom stereocenters. The monoisotopic (exact) mass is 317 g/mol. The summed E-state index contributed by atoms with van der Waals surface area (Å²) in [6.45, 7) is 0. The van der Waals surface area contributed by atoms with Crippen LogP contribution in [0.15, 0.2) is 47.4 Å². The highest BCUT2D eigenvalue weighted by molar-refractivity contribution is 7.92. The standard InChI is InChI=1S/C12H9Cl2NO3S/c13-8-6-10(14)12(16)11(7-8)19(17,18)15-9-4-2-1-3-5-9/h1-7,15-16H. The molecule has 7 heteroatoms. The van der Waals surface area contributed by atoms with E-state index in [1.807, 2.05) is 0 Å². The minimum absolute atomic E-state index is 0.122. The van der Waals surface area contributed by atoms with Gasteiger partial charge in [-0.2, -0.15) is 0 Å². The van der Waals surface area contributed by atoms with Crippen molar-refractivity contribution < 1.29 is 13.5 Å². The molecular formula is C12H9Cl2NO3S. The lowest BCUT2D eigenvalue weighted by Gasteiger charge is -2.10. The zero-order valence-electron chi connectivity index (χ0n) is 9.47. The third-order valence-corrected chi connectivity index (χ3v) is 4.21. The lowest BCUT2D eigenvalue weighted by atomic mass is 10.3. The predicted molar refractivity (Wildman–Crippen MR) is 75.4 cm³/mol. The lowest BCUT2D eigenvalue weighted by Crippen LogP contribution is -2.13. The maximum absolute atomic E-state index is 12.1. The Labute approximate surface area is 120 Å². The molecule has 0 bridgehead atoms. The summed E-state index contributed by atoms with van der Waals surface area (Å²) in [6.07, 6.45) is 0. The van der Waals surface area contributed by atoms with Crippen LogP contribution >= 0.6 is 23.2 Å². The topological polar surface area (TPSA) is 66.4 Å². The summed E-state index contributed by atoms with van der Waals surface area (Å²) in [4.78, 5) is -0.367. The first-order valence-corrected chi connectivity index (χ1v) is 7.40. The Balaban J connectivity index is 2.46. The molecule has 0 aliphatic heterocycles. The minimum Gasteiger partial charge on any atom is -0.505 e. The zero-order chi connectivity index (χ0) is 14.0. The average molecular weight is 318 g/mol. The van der Waals surface area contributed by atoms with E-state index in [1.165, 1.54) is 6.07 Å². The molecule has 0 aromatic heterocycles. The van der Waals surface area contributed by atoms with Crippen LogP contribution in [0.3, 0.4) is 0 Å². The van der Waals surface area contributed by atoms with Crippen LogP contribution in [0.5, 0.6) is 5.75 Å². The van der Waals surface area contributed by atoms with Gasteiger partial charge in [0.25, 0.3) is 10.0 Å². The average Bonchev–Trinajstić information content (AvgIpc) is 2.34. The number of halogens is 2. The normalized spacial score (nSPS) is 11.3. The van der Waals surface area contributed by atoms with Crippen molar-refractivity contribution in [3.63, 3.8) is 0 Å². The maximum Gasteiger partial charge on any atom is 0.265 e. The van der Waals surface area contributed by atoms with E-state index in [-0.39, 0.29) is 14.9 Å². The molecule has 100 valence electrons. The van der Waals surface area contributed by atoms with Crippen molar-refractivity contribution in [1.82, 2.24) is 0 Å². The van der Waals surface area contributed by atoms with Gasteiger partial charge in [0.2, 0.25) is 0 Å². The van der Waals surface area contributed by atoms with Crippen LogP contribution in [0.1, 0.15) is 0 Å². The van der Waals surface area contributed by atoms with Crippen molar-refractivity contribution in [3.05, 3.63) is 52.5 Å². The number of hydrogen-bond acceptors (Lipinski definition) is 3. The quantitative estimate of drug-likeness (QED) is 0.910. The van der Waals surface area contributed by atoms with Gasteiger partial charge in [0, 0.05) is 10.7 Å². The number of anilines is 1. The second-order valence-electron chi connectivity index (χ2n) is 3.71. The van der Waals surface area contributed by atoms with Crippen LogP contribution in [0.2, 0.25) is 10.0 Å². The molecule has 0 fully saturated rings. The molecule has 0 aliphatic rings. The molecule has 0 radical (unpaired) electrons. The van der Waals surface area contributed by atoms with Gasteiger partial charge in [-0.15, -0.1) is 0 Å². The molecule has 0 heterocycles. The van der Waals surface area contributed by atoms with Crippen molar-refractivity contribution in [2.24, 2.45) is 0 Å². The molecule has 0 saturated carbocycles. The van der Waals surface area contributed by atoms with E-state index in [9.17, 15) is 13.5 Å². The maximum atomic E-state index is 12.1. The largest absolute Gasteiger partial charge is 0.505 e. The van der Waals surface area contributed by atoms with Gasteiger partial charge in [-0.25, -0.2) is 8.42 Å². The van der Waals surface area contributed by atoms with Gasteiger partial charge in [0.15, 0.2) is 5.75 Å². The van der Waals surface area contributed by atoms with E-state index in [0.717, 1.165) is 6.07 Å². The number of benzene rings is 2. The Bertz CT molecular complexity index is 702. The molecule has 19 heavy (non-hydrogen) atoms. The summed E-state index contributed by atoms with van der Waals surface area (Å²) in [5.74, 6) is -0.533. The zero-order valence-corrected chi connectivity index (χ0v) is 11.8. The molecule has 0 amide bonds. The smallest absolute Gasteiger partial charge is 0.265 e. The van der Waals surface area contributed by atoms with Crippen molar-refractivity contribution >= 4 is 38.9 Å². The molecule has 0 spiro atoms. The van der Waals surface area contributed by atoms with E-state index in [0.29, 0.717) is 5.69 Å². The van der Waals surface area contributed by atoms with E-state index < -0.39 is 15.8 Å². The van der Waals surface area contributed by atoms with Crippen LogP contribution in [-0.4, -0.2) is 13.5 Å². The number of sulfonamides is 1. The van der Waals surface area contributed by atoms with E-state index in [4.69, 9.17) is 23.2 Å². The summed E-state index contributed by atoms with van der Waals surface area (Å²) >= 11 is 11.4. The third kappa shape index (κ3) is 3.12. The Kier molecular flexibility index (Phi) is 3.89. The van der Waals surface area contributed by atoms with Crippen molar-refractivity contribution in [2.75, 3.05) is 4.72 Å². The Hall–Kier alpha value is -1.43. The number of para-hydroxylation sites is 1. The molecule has 2 aromatic rings. The minimum atomic E-state index is -3.96. The molecule has 2 N–H and O–H groups in total. The van der Waals surface area contributed by atoms with Gasteiger partial charge >= 0.3 is 0 Å².